The molecule has 84 valence electrons. The van der Waals surface area contributed by atoms with E-state index >= 15 is 0 Å². The number of unbranched alkanes of at least 4 members (excludes halogenated alkanes) is 1. The Kier molecular flexibility index (Phi) is 6.65. The minimum absolute atomic E-state index is 0.563. The molecule has 1 aliphatic rings. The molecule has 1 saturated heterocycles. The minimum atomic E-state index is -0.563. The molecule has 3 heteroatoms. The molecule has 1 aliphatic heterocycles. The van der Waals surface area contributed by atoms with Crippen molar-refractivity contribution in [3.8, 4) is 0 Å². The SMILES string of the molecule is CCCC[S+]([O-])CCN1CCCCC1. The van der Waals surface area contributed by atoms with Crippen LogP contribution in [0.3, 0.4) is 0 Å². The molecule has 1 unspecified atom stereocenters. The van der Waals surface area contributed by atoms with Gasteiger partial charge in [-0.3, -0.25) is 4.90 Å². The third-order valence-electron chi connectivity index (χ3n) is 2.81. The van der Waals surface area contributed by atoms with Crippen LogP contribution in [0.25, 0.3) is 0 Å². The van der Waals surface area contributed by atoms with E-state index in [0.717, 1.165) is 30.9 Å². The lowest BCUT2D eigenvalue weighted by molar-refractivity contribution is 0.241. The van der Waals surface area contributed by atoms with E-state index < -0.39 is 11.2 Å². The van der Waals surface area contributed by atoms with Crippen LogP contribution in [0.4, 0.5) is 0 Å². The quantitative estimate of drug-likeness (QED) is 0.636. The first-order valence-corrected chi connectivity index (χ1v) is 7.39. The zero-order chi connectivity index (χ0) is 10.2. The highest BCUT2D eigenvalue weighted by Crippen LogP contribution is 2.08. The van der Waals surface area contributed by atoms with Crippen molar-refractivity contribution in [3.63, 3.8) is 0 Å². The number of rotatable bonds is 6. The van der Waals surface area contributed by atoms with Crippen molar-refractivity contribution in [3.05, 3.63) is 0 Å². The monoisotopic (exact) mass is 217 g/mol. The molecule has 0 saturated carbocycles. The Hall–Kier alpha value is 0.270. The summed E-state index contributed by atoms with van der Waals surface area (Å²) in [5, 5.41) is 0. The van der Waals surface area contributed by atoms with Crippen LogP contribution in [0.2, 0.25) is 0 Å². The molecule has 0 amide bonds. The van der Waals surface area contributed by atoms with Gasteiger partial charge in [-0.25, -0.2) is 0 Å². The zero-order valence-electron chi connectivity index (χ0n) is 9.33. The van der Waals surface area contributed by atoms with Gasteiger partial charge in [0.2, 0.25) is 0 Å². The number of hydrogen-bond donors (Lipinski definition) is 0. The number of nitrogens with zero attached hydrogens (tertiary/aromatic N) is 1. The first kappa shape index (κ1) is 12.3. The minimum Gasteiger partial charge on any atom is -0.616 e. The molecule has 0 N–H and O–H groups in total. The Labute approximate surface area is 91.2 Å². The molecule has 1 fully saturated rings. The molecule has 0 aromatic rings. The summed E-state index contributed by atoms with van der Waals surface area (Å²) in [4.78, 5) is 2.47. The van der Waals surface area contributed by atoms with Crippen molar-refractivity contribution in [1.82, 2.24) is 4.90 Å². The lowest BCUT2D eigenvalue weighted by Gasteiger charge is -2.26. The molecule has 1 heterocycles. The standard InChI is InChI=1S/C11H23NOS/c1-2-3-10-14(13)11-9-12-7-5-4-6-8-12/h2-11H2,1H3. The third-order valence-corrected chi connectivity index (χ3v) is 4.19. The summed E-state index contributed by atoms with van der Waals surface area (Å²) in [7, 11) is 0. The first-order chi connectivity index (χ1) is 6.83. The lowest BCUT2D eigenvalue weighted by Crippen LogP contribution is -2.34. The van der Waals surface area contributed by atoms with Crippen LogP contribution in [0, 0.1) is 0 Å². The Morgan fingerprint density at radius 3 is 2.50 bits per heavy atom. The molecule has 0 aromatic heterocycles. The highest BCUT2D eigenvalue weighted by molar-refractivity contribution is 7.91. The molecule has 0 bridgehead atoms. The van der Waals surface area contributed by atoms with Gasteiger partial charge in [-0.15, -0.1) is 0 Å². The molecule has 0 aromatic carbocycles. The van der Waals surface area contributed by atoms with E-state index in [1.165, 1.54) is 32.4 Å². The lowest BCUT2D eigenvalue weighted by atomic mass is 10.1. The fourth-order valence-corrected chi connectivity index (χ4v) is 3.10. The molecule has 2 nitrogen and oxygen atoms in total. The topological polar surface area (TPSA) is 26.3 Å². The van der Waals surface area contributed by atoms with E-state index in [-0.39, 0.29) is 0 Å². The summed E-state index contributed by atoms with van der Waals surface area (Å²) in [5.74, 6) is 1.80. The molecule has 0 aliphatic carbocycles. The van der Waals surface area contributed by atoms with Gasteiger partial charge in [0.25, 0.3) is 0 Å². The molecule has 1 rings (SSSR count). The maximum absolute atomic E-state index is 11.5. The van der Waals surface area contributed by atoms with Gasteiger partial charge in [0, 0.05) is 6.54 Å². The van der Waals surface area contributed by atoms with Crippen LogP contribution in [-0.2, 0) is 11.2 Å². The Balaban J connectivity index is 2.00. The van der Waals surface area contributed by atoms with Gasteiger partial charge in [0.15, 0.2) is 0 Å². The molecular weight excluding hydrogens is 194 g/mol. The predicted octanol–water partition coefficient (Wildman–Crippen LogP) is 2.02. The van der Waals surface area contributed by atoms with Gasteiger partial charge in [0.1, 0.15) is 11.5 Å². The summed E-state index contributed by atoms with van der Waals surface area (Å²) in [5.41, 5.74) is 0. The Morgan fingerprint density at radius 2 is 1.86 bits per heavy atom. The first-order valence-electron chi connectivity index (χ1n) is 5.90. The number of likely N-dealkylation sites (tertiary alicyclic amines) is 1. The second kappa shape index (κ2) is 7.55. The third kappa shape index (κ3) is 5.23. The molecular formula is C11H23NOS. The Morgan fingerprint density at radius 1 is 1.14 bits per heavy atom. The van der Waals surface area contributed by atoms with Crippen molar-refractivity contribution >= 4 is 11.2 Å². The van der Waals surface area contributed by atoms with Crippen molar-refractivity contribution in [1.29, 1.82) is 0 Å². The van der Waals surface area contributed by atoms with Crippen molar-refractivity contribution in [2.75, 3.05) is 31.1 Å². The van der Waals surface area contributed by atoms with Crippen molar-refractivity contribution in [2.45, 2.75) is 39.0 Å². The van der Waals surface area contributed by atoms with E-state index in [9.17, 15) is 4.55 Å². The van der Waals surface area contributed by atoms with Gasteiger partial charge < -0.3 is 4.55 Å². The van der Waals surface area contributed by atoms with E-state index in [1.807, 2.05) is 0 Å². The number of piperidine rings is 1. The van der Waals surface area contributed by atoms with Crippen LogP contribution < -0.4 is 0 Å². The smallest absolute Gasteiger partial charge is 0.118 e. The van der Waals surface area contributed by atoms with Crippen molar-refractivity contribution < 1.29 is 4.55 Å². The van der Waals surface area contributed by atoms with Crippen LogP contribution in [0.15, 0.2) is 0 Å². The van der Waals surface area contributed by atoms with Gasteiger partial charge in [-0.05, 0) is 32.4 Å². The second-order valence-electron chi connectivity index (χ2n) is 4.10. The summed E-state index contributed by atoms with van der Waals surface area (Å²) in [6.45, 7) is 5.66. The largest absolute Gasteiger partial charge is 0.616 e. The van der Waals surface area contributed by atoms with E-state index in [4.69, 9.17) is 0 Å². The average molecular weight is 217 g/mol. The zero-order valence-corrected chi connectivity index (χ0v) is 10.2. The van der Waals surface area contributed by atoms with Crippen LogP contribution >= 0.6 is 0 Å². The Bertz CT molecular complexity index is 137. The molecule has 14 heavy (non-hydrogen) atoms. The van der Waals surface area contributed by atoms with Gasteiger partial charge >= 0.3 is 0 Å². The molecule has 0 radical (unpaired) electrons. The normalized spacial score (nSPS) is 21.0. The van der Waals surface area contributed by atoms with Crippen LogP contribution in [0.1, 0.15) is 39.0 Å². The van der Waals surface area contributed by atoms with Gasteiger partial charge in [0.05, 0.1) is 0 Å². The van der Waals surface area contributed by atoms with E-state index in [2.05, 4.69) is 11.8 Å². The van der Waals surface area contributed by atoms with Gasteiger partial charge in [-0.1, -0.05) is 30.9 Å². The fourth-order valence-electron chi connectivity index (χ4n) is 1.82. The number of hydrogen-bond acceptors (Lipinski definition) is 2. The van der Waals surface area contributed by atoms with Crippen LogP contribution in [0.5, 0.6) is 0 Å². The van der Waals surface area contributed by atoms with E-state index in [0.29, 0.717) is 0 Å². The van der Waals surface area contributed by atoms with Gasteiger partial charge in [-0.2, -0.15) is 0 Å². The van der Waals surface area contributed by atoms with Crippen molar-refractivity contribution in [2.24, 2.45) is 0 Å². The van der Waals surface area contributed by atoms with E-state index in [1.54, 1.807) is 0 Å². The summed E-state index contributed by atoms with van der Waals surface area (Å²) in [6, 6.07) is 0. The maximum Gasteiger partial charge on any atom is 0.118 e. The molecule has 0 spiro atoms. The van der Waals surface area contributed by atoms with Crippen LogP contribution in [-0.4, -0.2) is 40.6 Å². The summed E-state index contributed by atoms with van der Waals surface area (Å²) in [6.07, 6.45) is 6.33. The molecule has 1 atom stereocenters. The summed E-state index contributed by atoms with van der Waals surface area (Å²) >= 11 is -0.563. The fraction of sp³-hybridized carbons (Fsp3) is 1.00. The maximum atomic E-state index is 11.5. The highest BCUT2D eigenvalue weighted by atomic mass is 32.2. The predicted molar refractivity (Wildman–Crippen MR) is 63.1 cm³/mol. The summed E-state index contributed by atoms with van der Waals surface area (Å²) < 4.78 is 11.5. The average Bonchev–Trinajstić information content (AvgIpc) is 2.25. The second-order valence-corrected chi connectivity index (χ2v) is 5.80. The highest BCUT2D eigenvalue weighted by Gasteiger charge is 2.12.